The lowest BCUT2D eigenvalue weighted by molar-refractivity contribution is -0.139. The van der Waals surface area contributed by atoms with Crippen LogP contribution in [-0.2, 0) is 14.3 Å². The standard InChI is InChI=1S/C12H20BNO3/c1-9(2)10(15)17-8-6-5-7-14-11(16)12(3,4)13/h1,5-8H2,2-4H3,(H,14,16). The molecule has 0 aliphatic rings. The number of amides is 1. The molecule has 0 aliphatic heterocycles. The summed E-state index contributed by atoms with van der Waals surface area (Å²) in [6, 6.07) is 0. The lowest BCUT2D eigenvalue weighted by atomic mass is 9.72. The van der Waals surface area contributed by atoms with Crippen molar-refractivity contribution in [1.82, 2.24) is 5.32 Å². The Morgan fingerprint density at radius 2 is 1.94 bits per heavy atom. The Hall–Kier alpha value is -1.26. The normalized spacial score (nSPS) is 10.8. The van der Waals surface area contributed by atoms with Gasteiger partial charge in [-0.25, -0.2) is 4.79 Å². The zero-order valence-corrected chi connectivity index (χ0v) is 10.8. The van der Waals surface area contributed by atoms with Gasteiger partial charge in [-0.05, 0) is 19.8 Å². The van der Waals surface area contributed by atoms with Gasteiger partial charge in [0.25, 0.3) is 0 Å². The monoisotopic (exact) mass is 237 g/mol. The summed E-state index contributed by atoms with van der Waals surface area (Å²) in [7, 11) is 5.60. The Morgan fingerprint density at radius 1 is 1.35 bits per heavy atom. The van der Waals surface area contributed by atoms with Gasteiger partial charge in [0, 0.05) is 17.4 Å². The highest BCUT2D eigenvalue weighted by molar-refractivity contribution is 6.27. The molecule has 94 valence electrons. The molecule has 0 aliphatic carbocycles. The molecule has 0 unspecified atom stereocenters. The average Bonchev–Trinajstić information content (AvgIpc) is 2.20. The highest BCUT2D eigenvalue weighted by Gasteiger charge is 2.19. The van der Waals surface area contributed by atoms with Crippen molar-refractivity contribution in [2.45, 2.75) is 38.9 Å². The summed E-state index contributed by atoms with van der Waals surface area (Å²) >= 11 is 0. The number of ether oxygens (including phenoxy) is 1. The van der Waals surface area contributed by atoms with Gasteiger partial charge in [0.2, 0.25) is 5.91 Å². The lowest BCUT2D eigenvalue weighted by Crippen LogP contribution is -2.33. The van der Waals surface area contributed by atoms with Gasteiger partial charge in [-0.3, -0.25) is 4.79 Å². The topological polar surface area (TPSA) is 55.4 Å². The number of hydrogen-bond donors (Lipinski definition) is 1. The fraction of sp³-hybridized carbons (Fsp3) is 0.667. The van der Waals surface area contributed by atoms with Crippen molar-refractivity contribution in [2.75, 3.05) is 13.2 Å². The van der Waals surface area contributed by atoms with E-state index in [1.165, 1.54) is 0 Å². The van der Waals surface area contributed by atoms with E-state index >= 15 is 0 Å². The van der Waals surface area contributed by atoms with Crippen molar-refractivity contribution in [3.63, 3.8) is 0 Å². The second-order valence-corrected chi connectivity index (χ2v) is 4.60. The van der Waals surface area contributed by atoms with Crippen molar-refractivity contribution in [3.8, 4) is 0 Å². The molecule has 0 rings (SSSR count). The fourth-order valence-corrected chi connectivity index (χ4v) is 0.945. The highest BCUT2D eigenvalue weighted by atomic mass is 16.5. The minimum atomic E-state index is -0.855. The van der Waals surface area contributed by atoms with Gasteiger partial charge < -0.3 is 10.1 Å². The summed E-state index contributed by atoms with van der Waals surface area (Å²) < 4.78 is 4.90. The summed E-state index contributed by atoms with van der Waals surface area (Å²) in [4.78, 5) is 22.4. The van der Waals surface area contributed by atoms with Gasteiger partial charge in [0.15, 0.2) is 0 Å². The van der Waals surface area contributed by atoms with Crippen LogP contribution < -0.4 is 5.32 Å². The highest BCUT2D eigenvalue weighted by Crippen LogP contribution is 2.17. The molecule has 0 aromatic heterocycles. The average molecular weight is 237 g/mol. The van der Waals surface area contributed by atoms with E-state index in [1.807, 2.05) is 0 Å². The van der Waals surface area contributed by atoms with Gasteiger partial charge >= 0.3 is 5.97 Å². The Labute approximate surface area is 104 Å². The number of carbonyl (C=O) groups is 2. The summed E-state index contributed by atoms with van der Waals surface area (Å²) in [5.41, 5.74) is 0.392. The minimum absolute atomic E-state index is 0.184. The van der Waals surface area contributed by atoms with Crippen LogP contribution in [0.5, 0.6) is 0 Å². The van der Waals surface area contributed by atoms with Gasteiger partial charge in [0.05, 0.1) is 14.5 Å². The van der Waals surface area contributed by atoms with Crippen LogP contribution in [-0.4, -0.2) is 32.9 Å². The molecule has 1 N–H and O–H groups in total. The largest absolute Gasteiger partial charge is 0.462 e. The molecule has 0 aromatic rings. The first-order valence-electron chi connectivity index (χ1n) is 5.65. The molecule has 2 radical (unpaired) electrons. The Balaban J connectivity index is 3.51. The van der Waals surface area contributed by atoms with Crippen LogP contribution in [0.25, 0.3) is 0 Å². The molecule has 0 saturated carbocycles. The number of hydrogen-bond acceptors (Lipinski definition) is 3. The van der Waals surface area contributed by atoms with Crippen LogP contribution in [0.15, 0.2) is 12.2 Å². The van der Waals surface area contributed by atoms with Crippen molar-refractivity contribution in [3.05, 3.63) is 12.2 Å². The van der Waals surface area contributed by atoms with Crippen molar-refractivity contribution < 1.29 is 14.3 Å². The van der Waals surface area contributed by atoms with Crippen LogP contribution in [0.4, 0.5) is 0 Å². The maximum atomic E-state index is 11.4. The van der Waals surface area contributed by atoms with Gasteiger partial charge in [-0.15, -0.1) is 0 Å². The van der Waals surface area contributed by atoms with E-state index in [2.05, 4.69) is 11.9 Å². The van der Waals surface area contributed by atoms with Gasteiger partial charge in [0.1, 0.15) is 0 Å². The summed E-state index contributed by atoms with van der Waals surface area (Å²) in [5.74, 6) is -0.562. The van der Waals surface area contributed by atoms with Gasteiger partial charge in [-0.1, -0.05) is 20.4 Å². The number of unbranched alkanes of at least 4 members (excludes halogenated alkanes) is 1. The van der Waals surface area contributed by atoms with E-state index in [1.54, 1.807) is 20.8 Å². The number of rotatable bonds is 7. The zero-order valence-electron chi connectivity index (χ0n) is 10.8. The molecule has 0 aromatic carbocycles. The Kier molecular flexibility index (Phi) is 6.62. The summed E-state index contributed by atoms with van der Waals surface area (Å²) in [6.45, 7) is 9.25. The molecular weight excluding hydrogens is 217 g/mol. The molecule has 0 fully saturated rings. The number of esters is 1. The third kappa shape index (κ3) is 7.61. The molecular formula is C12H20BNO3. The molecule has 4 nitrogen and oxygen atoms in total. The Morgan fingerprint density at radius 3 is 2.41 bits per heavy atom. The van der Waals surface area contributed by atoms with E-state index in [0.717, 1.165) is 6.42 Å². The predicted octanol–water partition coefficient (Wildman–Crippen LogP) is 1.37. The third-order valence-corrected chi connectivity index (χ3v) is 2.02. The van der Waals surface area contributed by atoms with Crippen molar-refractivity contribution in [1.29, 1.82) is 0 Å². The SMILES string of the molecule is [B]C(C)(C)C(=O)NCCCCOC(=O)C(=C)C. The molecule has 0 saturated heterocycles. The maximum Gasteiger partial charge on any atom is 0.333 e. The van der Waals surface area contributed by atoms with E-state index in [-0.39, 0.29) is 11.9 Å². The molecule has 0 bridgehead atoms. The van der Waals surface area contributed by atoms with E-state index in [0.29, 0.717) is 25.1 Å². The van der Waals surface area contributed by atoms with E-state index < -0.39 is 5.31 Å². The van der Waals surface area contributed by atoms with Crippen LogP contribution in [0.3, 0.4) is 0 Å². The van der Waals surface area contributed by atoms with Crippen LogP contribution in [0.2, 0.25) is 5.31 Å². The van der Waals surface area contributed by atoms with E-state index in [4.69, 9.17) is 12.6 Å². The molecule has 5 heteroatoms. The summed E-state index contributed by atoms with van der Waals surface area (Å²) in [6.07, 6.45) is 1.44. The van der Waals surface area contributed by atoms with Crippen LogP contribution in [0.1, 0.15) is 33.6 Å². The van der Waals surface area contributed by atoms with Crippen molar-refractivity contribution in [2.24, 2.45) is 0 Å². The first kappa shape index (κ1) is 15.7. The second-order valence-electron chi connectivity index (χ2n) is 4.60. The Bertz CT molecular complexity index is 295. The molecule has 1 amide bonds. The quantitative estimate of drug-likeness (QED) is 0.315. The smallest absolute Gasteiger partial charge is 0.333 e. The predicted molar refractivity (Wildman–Crippen MR) is 67.8 cm³/mol. The van der Waals surface area contributed by atoms with Gasteiger partial charge in [-0.2, -0.15) is 0 Å². The molecule has 0 heterocycles. The molecule has 0 atom stereocenters. The minimum Gasteiger partial charge on any atom is -0.462 e. The van der Waals surface area contributed by atoms with Crippen LogP contribution >= 0.6 is 0 Å². The third-order valence-electron chi connectivity index (χ3n) is 2.02. The first-order valence-corrected chi connectivity index (χ1v) is 5.65. The maximum absolute atomic E-state index is 11.4. The van der Waals surface area contributed by atoms with E-state index in [9.17, 15) is 9.59 Å². The lowest BCUT2D eigenvalue weighted by Gasteiger charge is -2.17. The number of nitrogens with one attached hydrogen (secondary N) is 1. The fourth-order valence-electron chi connectivity index (χ4n) is 0.945. The first-order chi connectivity index (χ1) is 7.75. The molecule has 17 heavy (non-hydrogen) atoms. The molecule has 0 spiro atoms. The summed E-state index contributed by atoms with van der Waals surface area (Å²) in [5, 5.41) is 1.86. The zero-order chi connectivity index (χ0) is 13.5. The number of carbonyl (C=O) groups excluding carboxylic acids is 2. The van der Waals surface area contributed by atoms with Crippen LogP contribution in [0, 0.1) is 0 Å². The van der Waals surface area contributed by atoms with Crippen molar-refractivity contribution >= 4 is 19.7 Å². The second kappa shape index (κ2) is 7.15.